The number of hydrogen-bond acceptors (Lipinski definition) is 6. The van der Waals surface area contributed by atoms with Crippen molar-refractivity contribution in [1.29, 1.82) is 0 Å². The molecule has 0 saturated heterocycles. The highest BCUT2D eigenvalue weighted by atomic mass is 16.5. The fourth-order valence-electron chi connectivity index (χ4n) is 4.84. The summed E-state index contributed by atoms with van der Waals surface area (Å²) in [7, 11) is 1.59. The molecule has 178 valence electrons. The van der Waals surface area contributed by atoms with Crippen molar-refractivity contribution in [2.24, 2.45) is 0 Å². The zero-order valence-corrected chi connectivity index (χ0v) is 19.3. The van der Waals surface area contributed by atoms with E-state index >= 15 is 0 Å². The van der Waals surface area contributed by atoms with E-state index in [2.05, 4.69) is 15.6 Å². The molecule has 1 amide bonds. The average Bonchev–Trinajstić information content (AvgIpc) is 3.12. The van der Waals surface area contributed by atoms with Crippen molar-refractivity contribution in [2.45, 2.75) is 25.8 Å². The number of ketones is 1. The second-order valence-corrected chi connectivity index (χ2v) is 8.54. The van der Waals surface area contributed by atoms with Gasteiger partial charge in [0.1, 0.15) is 5.82 Å². The van der Waals surface area contributed by atoms with Crippen LogP contribution in [-0.2, 0) is 16.1 Å². The largest absolute Gasteiger partial charge is 0.385 e. The first-order valence-corrected chi connectivity index (χ1v) is 11.3. The van der Waals surface area contributed by atoms with E-state index in [1.165, 1.54) is 11.5 Å². The molecule has 2 heterocycles. The zero-order valence-electron chi connectivity index (χ0n) is 19.3. The Morgan fingerprint density at radius 1 is 1.06 bits per heavy atom. The number of Topliss-reactive ketones (excluding diaryl/α,β-unsaturated/α-hetero) is 1. The van der Waals surface area contributed by atoms with Crippen LogP contribution in [0, 0.1) is 0 Å². The normalized spacial score (nSPS) is 15.8. The minimum atomic E-state index is -0.703. The second-order valence-electron chi connectivity index (χ2n) is 8.54. The number of nitrogens with one attached hydrogen (secondary N) is 3. The van der Waals surface area contributed by atoms with Crippen LogP contribution in [0.15, 0.2) is 63.7 Å². The number of allylic oxidation sites excluding steroid dienone is 1. The number of methoxy groups -OCH3 is 1. The van der Waals surface area contributed by atoms with Crippen molar-refractivity contribution in [1.82, 2.24) is 9.55 Å². The molecule has 0 spiro atoms. The Morgan fingerprint density at radius 3 is 2.46 bits per heavy atom. The molecule has 3 N–H and O–H groups in total. The third-order valence-electron chi connectivity index (χ3n) is 6.31. The van der Waals surface area contributed by atoms with Crippen LogP contribution < -0.4 is 21.9 Å². The van der Waals surface area contributed by atoms with Gasteiger partial charge in [-0.1, -0.05) is 36.4 Å². The third-order valence-corrected chi connectivity index (χ3v) is 6.31. The zero-order chi connectivity index (χ0) is 24.7. The van der Waals surface area contributed by atoms with Gasteiger partial charge in [-0.05, 0) is 24.1 Å². The lowest BCUT2D eigenvalue weighted by molar-refractivity contribution is -0.114. The molecule has 0 unspecified atom stereocenters. The molecule has 1 aliphatic heterocycles. The van der Waals surface area contributed by atoms with Gasteiger partial charge in [0.15, 0.2) is 5.78 Å². The van der Waals surface area contributed by atoms with Crippen molar-refractivity contribution in [2.75, 3.05) is 24.4 Å². The molecule has 1 aliphatic carbocycles. The molecule has 1 aromatic heterocycles. The first kappa shape index (κ1) is 22.5. The summed E-state index contributed by atoms with van der Waals surface area (Å²) in [5, 5.41) is 5.99. The van der Waals surface area contributed by atoms with Gasteiger partial charge in [0.25, 0.3) is 5.56 Å². The third kappa shape index (κ3) is 3.79. The number of nitrogens with zero attached hydrogens (tertiary/aromatic N) is 1. The maximum Gasteiger partial charge on any atom is 0.329 e. The van der Waals surface area contributed by atoms with Crippen molar-refractivity contribution in [3.63, 3.8) is 0 Å². The molecule has 9 heteroatoms. The van der Waals surface area contributed by atoms with E-state index in [0.29, 0.717) is 59.0 Å². The smallest absolute Gasteiger partial charge is 0.329 e. The maximum absolute atomic E-state index is 13.6. The molecule has 5 rings (SSSR count). The first-order chi connectivity index (χ1) is 16.9. The van der Waals surface area contributed by atoms with Gasteiger partial charge in [-0.25, -0.2) is 4.79 Å². The highest BCUT2D eigenvalue weighted by Crippen LogP contribution is 2.47. The Labute approximate surface area is 200 Å². The lowest BCUT2D eigenvalue weighted by atomic mass is 9.81. The van der Waals surface area contributed by atoms with E-state index in [1.807, 2.05) is 12.1 Å². The molecule has 0 bridgehead atoms. The van der Waals surface area contributed by atoms with Crippen molar-refractivity contribution < 1.29 is 14.3 Å². The molecular formula is C26H24N4O5. The highest BCUT2D eigenvalue weighted by molar-refractivity contribution is 6.23. The number of amides is 1. The van der Waals surface area contributed by atoms with Crippen LogP contribution in [0.5, 0.6) is 0 Å². The minimum absolute atomic E-state index is 0.166. The number of aromatic amines is 1. The molecule has 2 aliphatic rings. The molecule has 1 atom stereocenters. The van der Waals surface area contributed by atoms with Gasteiger partial charge in [-0.3, -0.25) is 23.9 Å². The lowest BCUT2D eigenvalue weighted by Crippen LogP contribution is -2.38. The number of aromatic nitrogens is 2. The second kappa shape index (κ2) is 8.84. The number of fused-ring (bicyclic) bond motifs is 3. The summed E-state index contributed by atoms with van der Waals surface area (Å²) in [4.78, 5) is 53.4. The summed E-state index contributed by atoms with van der Waals surface area (Å²) in [6.45, 7) is 2.19. The van der Waals surface area contributed by atoms with Gasteiger partial charge in [-0.2, -0.15) is 0 Å². The summed E-state index contributed by atoms with van der Waals surface area (Å²) in [5.74, 6) is -0.700. The van der Waals surface area contributed by atoms with E-state index in [9.17, 15) is 19.2 Å². The van der Waals surface area contributed by atoms with Gasteiger partial charge in [0.05, 0.1) is 11.3 Å². The predicted molar refractivity (Wildman–Crippen MR) is 132 cm³/mol. The SMILES string of the molecule is COCCCn1c2c(c(=O)[nH]c1=O)[C@@H](c1ccc(NC(C)=O)cc1)C1=C(N2)c2ccccc2C1=O. The number of H-pyrrole nitrogens is 1. The number of rotatable bonds is 6. The molecule has 3 aromatic rings. The number of hydrogen-bond donors (Lipinski definition) is 3. The maximum atomic E-state index is 13.6. The first-order valence-electron chi connectivity index (χ1n) is 11.3. The quantitative estimate of drug-likeness (QED) is 0.474. The van der Waals surface area contributed by atoms with Crippen LogP contribution in [0.3, 0.4) is 0 Å². The van der Waals surface area contributed by atoms with Crippen LogP contribution in [0.2, 0.25) is 0 Å². The van der Waals surface area contributed by atoms with Crippen molar-refractivity contribution in [3.05, 3.63) is 97.2 Å². The van der Waals surface area contributed by atoms with Crippen LogP contribution >= 0.6 is 0 Å². The molecule has 0 fully saturated rings. The topological polar surface area (TPSA) is 122 Å². The van der Waals surface area contributed by atoms with Crippen LogP contribution in [0.4, 0.5) is 11.5 Å². The van der Waals surface area contributed by atoms with E-state index in [0.717, 1.165) is 5.56 Å². The van der Waals surface area contributed by atoms with E-state index in [1.54, 1.807) is 43.5 Å². The lowest BCUT2D eigenvalue weighted by Gasteiger charge is -2.29. The average molecular weight is 473 g/mol. The number of benzene rings is 2. The minimum Gasteiger partial charge on any atom is -0.385 e. The summed E-state index contributed by atoms with van der Waals surface area (Å²) < 4.78 is 6.63. The Bertz CT molecular complexity index is 1500. The van der Waals surface area contributed by atoms with Crippen LogP contribution in [0.25, 0.3) is 5.70 Å². The van der Waals surface area contributed by atoms with Gasteiger partial charge < -0.3 is 15.4 Å². The van der Waals surface area contributed by atoms with Gasteiger partial charge in [0.2, 0.25) is 5.91 Å². The molecular weight excluding hydrogens is 448 g/mol. The molecule has 2 aromatic carbocycles. The fourth-order valence-corrected chi connectivity index (χ4v) is 4.84. The summed E-state index contributed by atoms with van der Waals surface area (Å²) in [5.41, 5.74) is 2.85. The number of carbonyl (C=O) groups is 2. The monoisotopic (exact) mass is 472 g/mol. The van der Waals surface area contributed by atoms with E-state index < -0.39 is 17.2 Å². The fraction of sp³-hybridized carbons (Fsp3) is 0.231. The van der Waals surface area contributed by atoms with E-state index in [4.69, 9.17) is 4.74 Å². The summed E-state index contributed by atoms with van der Waals surface area (Å²) in [6.07, 6.45) is 0.564. The number of ether oxygens (including phenoxy) is 1. The molecule has 9 nitrogen and oxygen atoms in total. The Morgan fingerprint density at radius 2 is 1.77 bits per heavy atom. The number of carbonyl (C=O) groups excluding carboxylic acids is 2. The predicted octanol–water partition coefficient (Wildman–Crippen LogP) is 2.70. The number of anilines is 2. The Kier molecular flexibility index (Phi) is 5.70. The van der Waals surface area contributed by atoms with Crippen molar-refractivity contribution >= 4 is 28.9 Å². The molecule has 0 radical (unpaired) electrons. The van der Waals surface area contributed by atoms with E-state index in [-0.39, 0.29) is 11.7 Å². The standard InChI is InChI=1S/C26H24N4O5/c1-14(31)27-16-10-8-15(9-11-16)19-20-22(17-6-3-4-7-18(17)23(20)32)28-24-21(19)25(33)29-26(34)30(24)12-5-13-35-2/h3-4,6-11,19,28H,5,12-13H2,1-2H3,(H,27,31)(H,29,33,34)/t19-/m0/s1. The molecule has 35 heavy (non-hydrogen) atoms. The van der Waals surface area contributed by atoms with Gasteiger partial charge in [0, 0.05) is 55.5 Å². The van der Waals surface area contributed by atoms with Crippen LogP contribution in [0.1, 0.15) is 46.3 Å². The van der Waals surface area contributed by atoms with Gasteiger partial charge >= 0.3 is 5.69 Å². The highest BCUT2D eigenvalue weighted by Gasteiger charge is 2.42. The summed E-state index contributed by atoms with van der Waals surface area (Å²) >= 11 is 0. The Hall–Kier alpha value is -4.24. The van der Waals surface area contributed by atoms with Gasteiger partial charge in [-0.15, -0.1) is 0 Å². The summed E-state index contributed by atoms with van der Waals surface area (Å²) in [6, 6.07) is 14.3. The van der Waals surface area contributed by atoms with Crippen molar-refractivity contribution in [3.8, 4) is 0 Å². The van der Waals surface area contributed by atoms with Crippen LogP contribution in [-0.4, -0.2) is 35.0 Å². The Balaban J connectivity index is 1.73. The molecule has 0 saturated carbocycles.